The Morgan fingerprint density at radius 1 is 1.12 bits per heavy atom. The highest BCUT2D eigenvalue weighted by molar-refractivity contribution is 7.21. The predicted octanol–water partition coefficient (Wildman–Crippen LogP) is 5.27. The van der Waals surface area contributed by atoms with Crippen molar-refractivity contribution in [3.63, 3.8) is 0 Å². The summed E-state index contributed by atoms with van der Waals surface area (Å²) in [7, 11) is 0. The van der Waals surface area contributed by atoms with E-state index in [2.05, 4.69) is 10.3 Å². The average Bonchev–Trinajstić information content (AvgIpc) is 3.14. The third kappa shape index (κ3) is 3.54. The van der Waals surface area contributed by atoms with E-state index in [9.17, 15) is 9.59 Å². The number of Topliss-reactive ketones (excluding diaryl/α,β-unsaturated/α-hetero) is 1. The fourth-order valence-electron chi connectivity index (χ4n) is 4.31. The van der Waals surface area contributed by atoms with Crippen LogP contribution in [0.2, 0.25) is 0 Å². The maximum absolute atomic E-state index is 13.1. The number of fused-ring (bicyclic) bond motifs is 2. The van der Waals surface area contributed by atoms with E-state index in [-0.39, 0.29) is 11.7 Å². The standard InChI is InChI=1S/C25H22N4O2S/c1-14(30)15-6-4-8-17(12-15)28-24(31)23-22(26)21-20(16-7-5-11-27-13-16)18-9-2-3-10-19(18)29-25(21)32-23/h4-8,11-13H,2-3,9-10,26H2,1H3,(H,28,31). The summed E-state index contributed by atoms with van der Waals surface area (Å²) < 4.78 is 0. The lowest BCUT2D eigenvalue weighted by Crippen LogP contribution is -2.12. The van der Waals surface area contributed by atoms with Gasteiger partial charge < -0.3 is 11.1 Å². The van der Waals surface area contributed by atoms with Gasteiger partial charge in [0.15, 0.2) is 5.78 Å². The highest BCUT2D eigenvalue weighted by Crippen LogP contribution is 2.43. The molecule has 0 spiro atoms. The number of thiophene rings is 1. The van der Waals surface area contributed by atoms with Crippen molar-refractivity contribution in [1.82, 2.24) is 9.97 Å². The summed E-state index contributed by atoms with van der Waals surface area (Å²) in [6, 6.07) is 10.8. The number of amides is 1. The Balaban J connectivity index is 1.63. The zero-order valence-electron chi connectivity index (χ0n) is 17.6. The Hall–Kier alpha value is -3.58. The van der Waals surface area contributed by atoms with E-state index >= 15 is 0 Å². The van der Waals surface area contributed by atoms with Crippen molar-refractivity contribution < 1.29 is 9.59 Å². The van der Waals surface area contributed by atoms with Crippen molar-refractivity contribution in [1.29, 1.82) is 0 Å². The monoisotopic (exact) mass is 442 g/mol. The zero-order valence-corrected chi connectivity index (χ0v) is 18.5. The normalized spacial score (nSPS) is 13.0. The van der Waals surface area contributed by atoms with Crippen LogP contribution in [0.1, 0.15) is 51.1 Å². The van der Waals surface area contributed by atoms with Crippen molar-refractivity contribution in [3.05, 3.63) is 70.5 Å². The van der Waals surface area contributed by atoms with E-state index in [1.54, 1.807) is 30.5 Å². The van der Waals surface area contributed by atoms with Gasteiger partial charge in [0, 0.05) is 45.9 Å². The smallest absolute Gasteiger partial charge is 0.267 e. The molecule has 0 aliphatic heterocycles. The molecule has 3 aromatic heterocycles. The van der Waals surface area contributed by atoms with E-state index in [1.807, 2.05) is 18.3 Å². The fraction of sp³-hybridized carbons (Fsp3) is 0.200. The first-order valence-electron chi connectivity index (χ1n) is 10.6. The lowest BCUT2D eigenvalue weighted by molar-refractivity contribution is 0.101. The number of nitrogens with one attached hydrogen (secondary N) is 1. The van der Waals surface area contributed by atoms with Crippen molar-refractivity contribution in [2.75, 3.05) is 11.1 Å². The van der Waals surface area contributed by atoms with Gasteiger partial charge in [-0.1, -0.05) is 18.2 Å². The second-order valence-corrected chi connectivity index (χ2v) is 8.98. The van der Waals surface area contributed by atoms with Crippen LogP contribution in [0.3, 0.4) is 0 Å². The second-order valence-electron chi connectivity index (χ2n) is 7.98. The summed E-state index contributed by atoms with van der Waals surface area (Å²) in [6.07, 6.45) is 7.68. The molecule has 0 bridgehead atoms. The number of nitrogen functional groups attached to an aromatic ring is 1. The van der Waals surface area contributed by atoms with Gasteiger partial charge in [-0.15, -0.1) is 11.3 Å². The van der Waals surface area contributed by atoms with Crippen LogP contribution in [0.4, 0.5) is 11.4 Å². The number of carbonyl (C=O) groups is 2. The summed E-state index contributed by atoms with van der Waals surface area (Å²) in [4.78, 5) is 35.2. The Bertz CT molecular complexity index is 1360. The molecular formula is C25H22N4O2S. The van der Waals surface area contributed by atoms with Crippen LogP contribution in [0.5, 0.6) is 0 Å². The summed E-state index contributed by atoms with van der Waals surface area (Å²) >= 11 is 1.31. The molecule has 6 nitrogen and oxygen atoms in total. The number of nitrogens with zero attached hydrogens (tertiary/aromatic N) is 2. The Morgan fingerprint density at radius 3 is 2.75 bits per heavy atom. The molecule has 1 amide bonds. The number of hydrogen-bond donors (Lipinski definition) is 2. The number of aromatic nitrogens is 2. The van der Waals surface area contributed by atoms with Crippen LogP contribution in [-0.2, 0) is 12.8 Å². The lowest BCUT2D eigenvalue weighted by Gasteiger charge is -2.20. The van der Waals surface area contributed by atoms with Crippen LogP contribution in [0.15, 0.2) is 48.8 Å². The number of pyridine rings is 2. The SMILES string of the molecule is CC(=O)c1cccc(NC(=O)c2sc3nc4c(c(-c5cccnc5)c3c2N)CCCC4)c1. The fourth-order valence-corrected chi connectivity index (χ4v) is 5.33. The third-order valence-corrected chi connectivity index (χ3v) is 6.94. The van der Waals surface area contributed by atoms with Crippen molar-refractivity contribution >= 4 is 44.6 Å². The number of ketones is 1. The molecule has 1 aliphatic rings. The molecule has 0 saturated carbocycles. The van der Waals surface area contributed by atoms with E-state index < -0.39 is 0 Å². The quantitative estimate of drug-likeness (QED) is 0.419. The molecule has 160 valence electrons. The minimum atomic E-state index is -0.304. The molecule has 3 heterocycles. The molecule has 5 rings (SSSR count). The van der Waals surface area contributed by atoms with E-state index in [4.69, 9.17) is 10.7 Å². The topological polar surface area (TPSA) is 98.0 Å². The molecule has 0 unspecified atom stereocenters. The summed E-state index contributed by atoms with van der Waals surface area (Å²) in [6.45, 7) is 1.50. The minimum Gasteiger partial charge on any atom is -0.397 e. The maximum Gasteiger partial charge on any atom is 0.267 e. The van der Waals surface area contributed by atoms with Gasteiger partial charge in [0.1, 0.15) is 9.71 Å². The van der Waals surface area contributed by atoms with Gasteiger partial charge in [-0.2, -0.15) is 0 Å². The predicted molar refractivity (Wildman–Crippen MR) is 128 cm³/mol. The number of aryl methyl sites for hydroxylation is 1. The van der Waals surface area contributed by atoms with Crippen LogP contribution in [0, 0.1) is 0 Å². The number of benzene rings is 1. The van der Waals surface area contributed by atoms with Crippen molar-refractivity contribution in [2.45, 2.75) is 32.6 Å². The first kappa shape index (κ1) is 20.3. The summed E-state index contributed by atoms with van der Waals surface area (Å²) in [5.74, 6) is -0.361. The van der Waals surface area contributed by atoms with Gasteiger partial charge in [0.2, 0.25) is 0 Å². The molecule has 32 heavy (non-hydrogen) atoms. The number of anilines is 2. The van der Waals surface area contributed by atoms with E-state index in [0.29, 0.717) is 21.8 Å². The molecule has 0 radical (unpaired) electrons. The molecule has 4 aromatic rings. The molecule has 1 aliphatic carbocycles. The molecular weight excluding hydrogens is 420 g/mol. The van der Waals surface area contributed by atoms with Gasteiger partial charge in [0.25, 0.3) is 5.91 Å². The number of carbonyl (C=O) groups excluding carboxylic acids is 2. The van der Waals surface area contributed by atoms with Gasteiger partial charge in [-0.25, -0.2) is 4.98 Å². The molecule has 0 saturated heterocycles. The summed E-state index contributed by atoms with van der Waals surface area (Å²) in [5.41, 5.74) is 12.4. The molecule has 0 fully saturated rings. The van der Waals surface area contributed by atoms with Crippen LogP contribution >= 0.6 is 11.3 Å². The van der Waals surface area contributed by atoms with Gasteiger partial charge in [-0.3, -0.25) is 14.6 Å². The van der Waals surface area contributed by atoms with Crippen LogP contribution < -0.4 is 11.1 Å². The Labute approximate surface area is 189 Å². The first-order valence-corrected chi connectivity index (χ1v) is 11.4. The number of rotatable bonds is 4. The van der Waals surface area contributed by atoms with E-state index in [0.717, 1.165) is 52.7 Å². The van der Waals surface area contributed by atoms with Crippen molar-refractivity contribution in [3.8, 4) is 11.1 Å². The average molecular weight is 443 g/mol. The third-order valence-electron chi connectivity index (χ3n) is 5.84. The van der Waals surface area contributed by atoms with Crippen molar-refractivity contribution in [2.24, 2.45) is 0 Å². The van der Waals surface area contributed by atoms with Gasteiger partial charge in [-0.05, 0) is 56.4 Å². The first-order chi connectivity index (χ1) is 15.5. The lowest BCUT2D eigenvalue weighted by atomic mass is 9.88. The van der Waals surface area contributed by atoms with E-state index in [1.165, 1.54) is 23.8 Å². The number of hydrogen-bond acceptors (Lipinski definition) is 6. The number of nitrogens with two attached hydrogens (primary N) is 1. The zero-order chi connectivity index (χ0) is 22.2. The highest BCUT2D eigenvalue weighted by Gasteiger charge is 2.26. The largest absolute Gasteiger partial charge is 0.397 e. The van der Waals surface area contributed by atoms with Crippen LogP contribution in [0.25, 0.3) is 21.3 Å². The highest BCUT2D eigenvalue weighted by atomic mass is 32.1. The Morgan fingerprint density at radius 2 is 1.97 bits per heavy atom. The summed E-state index contributed by atoms with van der Waals surface area (Å²) in [5, 5.41) is 3.71. The minimum absolute atomic E-state index is 0.0571. The Kier molecular flexibility index (Phi) is 5.19. The van der Waals surface area contributed by atoms with Crippen LogP contribution in [-0.4, -0.2) is 21.7 Å². The second kappa shape index (κ2) is 8.16. The van der Waals surface area contributed by atoms with Gasteiger partial charge >= 0.3 is 0 Å². The molecule has 0 atom stereocenters. The molecule has 3 N–H and O–H groups in total. The maximum atomic E-state index is 13.1. The molecule has 1 aromatic carbocycles. The molecule has 7 heteroatoms. The van der Waals surface area contributed by atoms with Gasteiger partial charge in [0.05, 0.1) is 5.69 Å².